The Morgan fingerprint density at radius 1 is 1.23 bits per heavy atom. The molecule has 0 atom stereocenters. The molecule has 0 N–H and O–H groups in total. The minimum absolute atomic E-state index is 0.375. The molecule has 0 amide bonds. The summed E-state index contributed by atoms with van der Waals surface area (Å²) in [6, 6.07) is 4.86. The van der Waals surface area contributed by atoms with E-state index in [1.54, 1.807) is 0 Å². The molecule has 0 heterocycles. The predicted octanol–water partition coefficient (Wildman–Crippen LogP) is 2.98. The molecule has 0 aliphatic heterocycles. The van der Waals surface area contributed by atoms with Gasteiger partial charge >= 0.3 is 6.36 Å². The molecule has 0 aliphatic rings. The molecule has 1 aromatic rings. The third-order valence-electron chi connectivity index (χ3n) is 1.19. The molecule has 0 radical (unpaired) electrons. The van der Waals surface area contributed by atoms with Gasteiger partial charge in [0.25, 0.3) is 0 Å². The summed E-state index contributed by atoms with van der Waals surface area (Å²) >= 11 is 0. The number of alkyl halides is 3. The molecule has 0 aromatic heterocycles. The molecule has 1 aromatic carbocycles. The molecule has 0 spiro atoms. The monoisotopic (exact) mass is 191 g/mol. The van der Waals surface area contributed by atoms with E-state index in [9.17, 15) is 18.1 Å². The summed E-state index contributed by atoms with van der Waals surface area (Å²) in [6.45, 7) is 0. The van der Waals surface area contributed by atoms with Crippen LogP contribution >= 0.6 is 0 Å². The van der Waals surface area contributed by atoms with Crippen LogP contribution < -0.4 is 4.74 Å². The first-order valence-electron chi connectivity index (χ1n) is 3.21. The highest BCUT2D eigenvalue weighted by molar-refractivity contribution is 5.50. The highest BCUT2D eigenvalue weighted by Crippen LogP contribution is 2.31. The van der Waals surface area contributed by atoms with Gasteiger partial charge in [0.15, 0.2) is 5.75 Å². The third kappa shape index (κ3) is 2.73. The lowest BCUT2D eigenvalue weighted by atomic mass is 10.3. The van der Waals surface area contributed by atoms with Crippen LogP contribution in [0.1, 0.15) is 0 Å². The lowest BCUT2D eigenvalue weighted by Crippen LogP contribution is -2.17. The molecule has 3 nitrogen and oxygen atoms in total. The molecule has 0 aliphatic carbocycles. The summed E-state index contributed by atoms with van der Waals surface area (Å²) in [5.74, 6) is -0.593. The first-order valence-corrected chi connectivity index (χ1v) is 3.21. The molecule has 1 rings (SSSR count). The zero-order chi connectivity index (χ0) is 9.90. The molecule has 0 fully saturated rings. The van der Waals surface area contributed by atoms with Crippen LogP contribution in [-0.4, -0.2) is 6.36 Å². The number of rotatable bonds is 2. The maximum atomic E-state index is 11.7. The zero-order valence-corrected chi connectivity index (χ0v) is 6.21. The van der Waals surface area contributed by atoms with Crippen molar-refractivity contribution < 1.29 is 17.9 Å². The van der Waals surface area contributed by atoms with E-state index in [0.717, 1.165) is 12.1 Å². The second kappa shape index (κ2) is 3.42. The molecule has 6 heteroatoms. The minimum atomic E-state index is -4.80. The van der Waals surface area contributed by atoms with Gasteiger partial charge in [-0.1, -0.05) is 12.1 Å². The van der Waals surface area contributed by atoms with Gasteiger partial charge in [-0.05, 0) is 17.3 Å². The summed E-state index contributed by atoms with van der Waals surface area (Å²) < 4.78 is 38.6. The number of para-hydroxylation sites is 1. The van der Waals surface area contributed by atoms with Gasteiger partial charge < -0.3 is 4.74 Å². The van der Waals surface area contributed by atoms with E-state index in [-0.39, 0.29) is 5.69 Å². The van der Waals surface area contributed by atoms with Crippen molar-refractivity contribution in [2.75, 3.05) is 0 Å². The van der Waals surface area contributed by atoms with Gasteiger partial charge in [0.2, 0.25) is 0 Å². The topological polar surface area (TPSA) is 38.7 Å². The second-order valence-corrected chi connectivity index (χ2v) is 2.11. The summed E-state index contributed by atoms with van der Waals surface area (Å²) in [6.07, 6.45) is -4.80. The van der Waals surface area contributed by atoms with Crippen molar-refractivity contribution in [3.05, 3.63) is 29.2 Å². The van der Waals surface area contributed by atoms with Crippen LogP contribution in [0.5, 0.6) is 5.75 Å². The number of benzene rings is 1. The maximum Gasteiger partial charge on any atom is 0.573 e. The molecular weight excluding hydrogens is 187 g/mol. The summed E-state index contributed by atoms with van der Waals surface area (Å²) in [4.78, 5) is 10.0. The Labute approximate surface area is 71.1 Å². The van der Waals surface area contributed by atoms with Crippen LogP contribution in [-0.2, 0) is 0 Å². The number of ether oxygens (including phenoxy) is 1. The van der Waals surface area contributed by atoms with Gasteiger partial charge in [-0.25, -0.2) is 0 Å². The standard InChI is InChI=1S/C7H4F3NO2/c8-7(9,10)13-6-4-2-1-3-5(6)11-12/h1-4H. The van der Waals surface area contributed by atoms with Crippen molar-refractivity contribution in [2.24, 2.45) is 5.18 Å². The third-order valence-corrected chi connectivity index (χ3v) is 1.19. The van der Waals surface area contributed by atoms with Crippen molar-refractivity contribution in [1.29, 1.82) is 0 Å². The fourth-order valence-electron chi connectivity index (χ4n) is 0.744. The normalized spacial score (nSPS) is 11.0. The molecule has 0 unspecified atom stereocenters. The molecular formula is C7H4F3NO2. The van der Waals surface area contributed by atoms with E-state index in [1.165, 1.54) is 12.1 Å². The van der Waals surface area contributed by atoms with E-state index in [0.29, 0.717) is 0 Å². The Kier molecular flexibility index (Phi) is 2.50. The molecule has 0 saturated carbocycles. The van der Waals surface area contributed by atoms with E-state index in [1.807, 2.05) is 0 Å². The maximum absolute atomic E-state index is 11.7. The van der Waals surface area contributed by atoms with E-state index < -0.39 is 12.1 Å². The highest BCUT2D eigenvalue weighted by atomic mass is 19.4. The van der Waals surface area contributed by atoms with E-state index >= 15 is 0 Å². The Hall–Kier alpha value is -1.59. The minimum Gasteiger partial charge on any atom is -0.403 e. The van der Waals surface area contributed by atoms with Crippen molar-refractivity contribution in [3.8, 4) is 5.75 Å². The lowest BCUT2D eigenvalue weighted by Gasteiger charge is -2.08. The second-order valence-electron chi connectivity index (χ2n) is 2.11. The molecule has 70 valence electrons. The number of hydrogen-bond acceptors (Lipinski definition) is 3. The van der Waals surface area contributed by atoms with Gasteiger partial charge in [-0.15, -0.1) is 18.1 Å². The van der Waals surface area contributed by atoms with Gasteiger partial charge in [0.1, 0.15) is 5.69 Å². The summed E-state index contributed by atoms with van der Waals surface area (Å²) in [7, 11) is 0. The van der Waals surface area contributed by atoms with E-state index in [4.69, 9.17) is 0 Å². The van der Waals surface area contributed by atoms with Crippen molar-refractivity contribution >= 4 is 5.69 Å². The molecule has 0 saturated heterocycles. The molecule has 13 heavy (non-hydrogen) atoms. The largest absolute Gasteiger partial charge is 0.573 e. The number of halogens is 3. The van der Waals surface area contributed by atoms with E-state index in [2.05, 4.69) is 9.91 Å². The zero-order valence-electron chi connectivity index (χ0n) is 6.21. The predicted molar refractivity (Wildman–Crippen MR) is 38.6 cm³/mol. The summed E-state index contributed by atoms with van der Waals surface area (Å²) in [5, 5.41) is 2.38. The molecule has 0 bridgehead atoms. The van der Waals surface area contributed by atoms with Crippen LogP contribution in [0.2, 0.25) is 0 Å². The van der Waals surface area contributed by atoms with Gasteiger partial charge in [0, 0.05) is 0 Å². The number of hydrogen-bond donors (Lipinski definition) is 0. The quantitative estimate of drug-likeness (QED) is 0.674. The first-order chi connectivity index (χ1) is 6.03. The van der Waals surface area contributed by atoms with Gasteiger partial charge in [0.05, 0.1) is 0 Å². The van der Waals surface area contributed by atoms with Gasteiger partial charge in [-0.2, -0.15) is 0 Å². The Balaban J connectivity index is 2.94. The smallest absolute Gasteiger partial charge is 0.403 e. The van der Waals surface area contributed by atoms with Crippen LogP contribution in [0.15, 0.2) is 29.4 Å². The van der Waals surface area contributed by atoms with Crippen LogP contribution in [0.25, 0.3) is 0 Å². The van der Waals surface area contributed by atoms with Crippen molar-refractivity contribution in [2.45, 2.75) is 6.36 Å². The average Bonchev–Trinajstić information content (AvgIpc) is 2.02. The van der Waals surface area contributed by atoms with Crippen LogP contribution in [0, 0.1) is 4.91 Å². The van der Waals surface area contributed by atoms with Crippen molar-refractivity contribution in [3.63, 3.8) is 0 Å². The van der Waals surface area contributed by atoms with Gasteiger partial charge in [-0.3, -0.25) is 0 Å². The first kappa shape index (κ1) is 9.50. The summed E-state index contributed by atoms with van der Waals surface area (Å²) in [5.41, 5.74) is -0.375. The number of nitrogens with zero attached hydrogens (tertiary/aromatic N) is 1. The Morgan fingerprint density at radius 3 is 2.38 bits per heavy atom. The Bertz CT molecular complexity index is 311. The number of nitroso groups, excluding NO2 is 1. The highest BCUT2D eigenvalue weighted by Gasteiger charge is 2.32. The van der Waals surface area contributed by atoms with Crippen molar-refractivity contribution in [1.82, 2.24) is 0 Å². The fraction of sp³-hybridized carbons (Fsp3) is 0.143. The SMILES string of the molecule is O=Nc1ccccc1OC(F)(F)F. The van der Waals surface area contributed by atoms with Crippen LogP contribution in [0.4, 0.5) is 18.9 Å². The fourth-order valence-corrected chi connectivity index (χ4v) is 0.744. The lowest BCUT2D eigenvalue weighted by molar-refractivity contribution is -0.274. The average molecular weight is 191 g/mol. The Morgan fingerprint density at radius 2 is 1.85 bits per heavy atom. The van der Waals surface area contributed by atoms with Crippen LogP contribution in [0.3, 0.4) is 0 Å².